The Balaban J connectivity index is 1.42. The standard InChI is InChI=1S/C26H26N4O2/c31-24-7-2-1-6-23(24)29-26(32)22-17-19(16-20-5-3-12-27-25(20)22)15-18-8-10-21(11-9-18)30-14-4-13-28-30/h3-5,8-14,16-17,23-24,31H,1-2,6-7,15H2,(H,29,32)/t23-,24-/m0/s1. The molecule has 1 aliphatic rings. The quantitative estimate of drug-likeness (QED) is 0.505. The third-order valence-corrected chi connectivity index (χ3v) is 6.17. The Hall–Kier alpha value is -3.51. The van der Waals surface area contributed by atoms with Crippen LogP contribution in [0.1, 0.15) is 47.2 Å². The number of carbonyl (C=O) groups is 1. The lowest BCUT2D eigenvalue weighted by Gasteiger charge is -2.28. The number of nitrogens with one attached hydrogen (secondary N) is 1. The summed E-state index contributed by atoms with van der Waals surface area (Å²) >= 11 is 0. The third kappa shape index (κ3) is 4.27. The minimum Gasteiger partial charge on any atom is -0.391 e. The van der Waals surface area contributed by atoms with Crippen LogP contribution in [0.3, 0.4) is 0 Å². The molecule has 6 nitrogen and oxygen atoms in total. The molecule has 0 spiro atoms. The van der Waals surface area contributed by atoms with Gasteiger partial charge in [0.05, 0.1) is 28.9 Å². The Morgan fingerprint density at radius 2 is 1.88 bits per heavy atom. The van der Waals surface area contributed by atoms with Crippen molar-refractivity contribution in [3.05, 3.63) is 89.9 Å². The highest BCUT2D eigenvalue weighted by atomic mass is 16.3. The van der Waals surface area contributed by atoms with Crippen LogP contribution in [-0.4, -0.2) is 37.9 Å². The summed E-state index contributed by atoms with van der Waals surface area (Å²) in [5.41, 5.74) is 4.45. The molecule has 6 heteroatoms. The maximum absolute atomic E-state index is 13.2. The number of benzene rings is 2. The van der Waals surface area contributed by atoms with E-state index in [-0.39, 0.29) is 11.9 Å². The van der Waals surface area contributed by atoms with Crippen molar-refractivity contribution in [2.24, 2.45) is 0 Å². The maximum Gasteiger partial charge on any atom is 0.253 e. The molecule has 1 aliphatic carbocycles. The number of aliphatic hydroxyl groups excluding tert-OH is 1. The molecule has 0 bridgehead atoms. The molecule has 5 rings (SSSR count). The summed E-state index contributed by atoms with van der Waals surface area (Å²) in [4.78, 5) is 17.7. The van der Waals surface area contributed by atoms with Gasteiger partial charge in [-0.3, -0.25) is 9.78 Å². The first-order chi connectivity index (χ1) is 15.7. The fourth-order valence-electron chi connectivity index (χ4n) is 4.48. The molecule has 2 N–H and O–H groups in total. The molecule has 2 aromatic carbocycles. The maximum atomic E-state index is 13.2. The summed E-state index contributed by atoms with van der Waals surface area (Å²) < 4.78 is 1.83. The van der Waals surface area contributed by atoms with Gasteiger partial charge in [0.1, 0.15) is 0 Å². The third-order valence-electron chi connectivity index (χ3n) is 6.17. The van der Waals surface area contributed by atoms with Gasteiger partial charge >= 0.3 is 0 Å². The SMILES string of the molecule is O=C(N[C@H]1CCCC[C@@H]1O)c1cc(Cc2ccc(-n3cccn3)cc2)cc2cccnc12. The molecule has 0 radical (unpaired) electrons. The lowest BCUT2D eigenvalue weighted by atomic mass is 9.92. The van der Waals surface area contributed by atoms with Gasteiger partial charge < -0.3 is 10.4 Å². The van der Waals surface area contributed by atoms with E-state index in [1.807, 2.05) is 47.3 Å². The van der Waals surface area contributed by atoms with Gasteiger partial charge in [-0.25, -0.2) is 4.68 Å². The van der Waals surface area contributed by atoms with E-state index in [1.54, 1.807) is 12.4 Å². The van der Waals surface area contributed by atoms with Crippen molar-refractivity contribution < 1.29 is 9.90 Å². The van der Waals surface area contributed by atoms with Crippen LogP contribution in [0.5, 0.6) is 0 Å². The van der Waals surface area contributed by atoms with E-state index in [1.165, 1.54) is 0 Å². The van der Waals surface area contributed by atoms with E-state index in [9.17, 15) is 9.90 Å². The van der Waals surface area contributed by atoms with Crippen LogP contribution in [0, 0.1) is 0 Å². The molecule has 2 aromatic heterocycles. The topological polar surface area (TPSA) is 80.0 Å². The second-order valence-electron chi connectivity index (χ2n) is 8.44. The fourth-order valence-corrected chi connectivity index (χ4v) is 4.48. The summed E-state index contributed by atoms with van der Waals surface area (Å²) in [5, 5.41) is 18.5. The normalized spacial score (nSPS) is 18.5. The molecule has 0 aliphatic heterocycles. The van der Waals surface area contributed by atoms with Gasteiger partial charge in [-0.05, 0) is 66.8 Å². The molecular formula is C26H26N4O2. The lowest BCUT2D eigenvalue weighted by molar-refractivity contribution is 0.0718. The second-order valence-corrected chi connectivity index (χ2v) is 8.44. The van der Waals surface area contributed by atoms with Crippen molar-refractivity contribution in [1.29, 1.82) is 0 Å². The minimum absolute atomic E-state index is 0.171. The van der Waals surface area contributed by atoms with Crippen LogP contribution in [0.25, 0.3) is 16.6 Å². The Bertz CT molecular complexity index is 1220. The van der Waals surface area contributed by atoms with Gasteiger partial charge in [-0.2, -0.15) is 5.10 Å². The second kappa shape index (κ2) is 8.93. The average molecular weight is 427 g/mol. The molecule has 1 saturated carbocycles. The Morgan fingerprint density at radius 3 is 2.66 bits per heavy atom. The first kappa shape index (κ1) is 20.4. The highest BCUT2D eigenvalue weighted by molar-refractivity contribution is 6.06. The zero-order valence-electron chi connectivity index (χ0n) is 17.8. The number of aromatic nitrogens is 3. The van der Waals surface area contributed by atoms with E-state index in [0.29, 0.717) is 17.5 Å². The van der Waals surface area contributed by atoms with Crippen LogP contribution in [0.4, 0.5) is 0 Å². The zero-order chi connectivity index (χ0) is 21.9. The van der Waals surface area contributed by atoms with Gasteiger partial charge in [0, 0.05) is 24.0 Å². The Morgan fingerprint density at radius 1 is 1.03 bits per heavy atom. The number of hydrogen-bond acceptors (Lipinski definition) is 4. The molecule has 1 amide bonds. The van der Waals surface area contributed by atoms with Crippen LogP contribution in [-0.2, 0) is 6.42 Å². The minimum atomic E-state index is -0.483. The van der Waals surface area contributed by atoms with Gasteiger partial charge in [-0.1, -0.05) is 31.0 Å². The Labute approximate surface area is 186 Å². The van der Waals surface area contributed by atoms with Crippen molar-refractivity contribution in [2.45, 2.75) is 44.2 Å². The van der Waals surface area contributed by atoms with Crippen molar-refractivity contribution in [3.63, 3.8) is 0 Å². The van der Waals surface area contributed by atoms with Gasteiger partial charge in [0.15, 0.2) is 0 Å². The van der Waals surface area contributed by atoms with Crippen molar-refractivity contribution in [3.8, 4) is 5.69 Å². The molecule has 2 atom stereocenters. The number of fused-ring (bicyclic) bond motifs is 1. The van der Waals surface area contributed by atoms with Crippen LogP contribution >= 0.6 is 0 Å². The van der Waals surface area contributed by atoms with Gasteiger partial charge in [0.2, 0.25) is 0 Å². The van der Waals surface area contributed by atoms with E-state index in [4.69, 9.17) is 0 Å². The summed E-state index contributed by atoms with van der Waals surface area (Å²) in [7, 11) is 0. The zero-order valence-corrected chi connectivity index (χ0v) is 17.8. The van der Waals surface area contributed by atoms with E-state index >= 15 is 0 Å². The molecule has 4 aromatic rings. The highest BCUT2D eigenvalue weighted by Gasteiger charge is 2.25. The van der Waals surface area contributed by atoms with E-state index in [0.717, 1.165) is 47.9 Å². The van der Waals surface area contributed by atoms with Crippen LogP contribution in [0.15, 0.2) is 73.2 Å². The first-order valence-corrected chi connectivity index (χ1v) is 11.1. The van der Waals surface area contributed by atoms with E-state index < -0.39 is 6.10 Å². The van der Waals surface area contributed by atoms with Crippen molar-refractivity contribution in [1.82, 2.24) is 20.1 Å². The molecule has 1 fully saturated rings. The molecular weight excluding hydrogens is 400 g/mol. The molecule has 0 saturated heterocycles. The van der Waals surface area contributed by atoms with E-state index in [2.05, 4.69) is 33.6 Å². The number of nitrogens with zero attached hydrogens (tertiary/aromatic N) is 3. The van der Waals surface area contributed by atoms with Crippen LogP contribution in [0.2, 0.25) is 0 Å². The summed E-state index contributed by atoms with van der Waals surface area (Å²) in [6, 6.07) is 17.9. The smallest absolute Gasteiger partial charge is 0.253 e. The molecule has 32 heavy (non-hydrogen) atoms. The van der Waals surface area contributed by atoms with Crippen LogP contribution < -0.4 is 5.32 Å². The number of aliphatic hydroxyl groups is 1. The Kier molecular flexibility index (Phi) is 5.69. The number of carbonyl (C=O) groups excluding carboxylic acids is 1. The summed E-state index contributed by atoms with van der Waals surface area (Å²) in [5.74, 6) is -0.171. The number of rotatable bonds is 5. The number of amides is 1. The van der Waals surface area contributed by atoms with Crippen molar-refractivity contribution >= 4 is 16.8 Å². The van der Waals surface area contributed by atoms with Gasteiger partial charge in [0.25, 0.3) is 5.91 Å². The predicted octanol–water partition coefficient (Wildman–Crippen LogP) is 4.04. The summed E-state index contributed by atoms with van der Waals surface area (Å²) in [6.45, 7) is 0. The largest absolute Gasteiger partial charge is 0.391 e. The lowest BCUT2D eigenvalue weighted by Crippen LogP contribution is -2.45. The predicted molar refractivity (Wildman–Crippen MR) is 124 cm³/mol. The molecule has 2 heterocycles. The molecule has 0 unspecified atom stereocenters. The number of pyridine rings is 1. The molecule has 162 valence electrons. The average Bonchev–Trinajstić information content (AvgIpc) is 3.35. The fraction of sp³-hybridized carbons (Fsp3) is 0.269. The monoisotopic (exact) mass is 426 g/mol. The highest BCUT2D eigenvalue weighted by Crippen LogP contribution is 2.24. The summed E-state index contributed by atoms with van der Waals surface area (Å²) in [6.07, 6.45) is 9.18. The van der Waals surface area contributed by atoms with Crippen molar-refractivity contribution in [2.75, 3.05) is 0 Å². The first-order valence-electron chi connectivity index (χ1n) is 11.1. The van der Waals surface area contributed by atoms with Gasteiger partial charge in [-0.15, -0.1) is 0 Å². The number of hydrogen-bond donors (Lipinski definition) is 2.